The van der Waals surface area contributed by atoms with Gasteiger partial charge < -0.3 is 19.9 Å². The zero-order chi connectivity index (χ0) is 16.2. The van der Waals surface area contributed by atoms with Crippen molar-refractivity contribution in [2.45, 2.75) is 24.9 Å². The van der Waals surface area contributed by atoms with Crippen molar-refractivity contribution < 1.29 is 27.8 Å². The number of benzene rings is 1. The van der Waals surface area contributed by atoms with Gasteiger partial charge in [-0.2, -0.15) is 13.2 Å². The molecular formula is C15H20F3NO3. The average Bonchev–Trinajstić information content (AvgIpc) is 2.48. The molecular weight excluding hydrogens is 299 g/mol. The predicted octanol–water partition coefficient (Wildman–Crippen LogP) is 1.82. The third-order valence-corrected chi connectivity index (χ3v) is 3.77. The summed E-state index contributed by atoms with van der Waals surface area (Å²) in [7, 11) is 1.51. The van der Waals surface area contributed by atoms with Crippen molar-refractivity contribution in [3.05, 3.63) is 35.4 Å². The number of rotatable bonds is 5. The van der Waals surface area contributed by atoms with E-state index in [-0.39, 0.29) is 12.0 Å². The van der Waals surface area contributed by atoms with Crippen LogP contribution in [0.4, 0.5) is 13.2 Å². The summed E-state index contributed by atoms with van der Waals surface area (Å²) in [6.07, 6.45) is -5.35. The molecule has 124 valence electrons. The third kappa shape index (κ3) is 4.42. The fraction of sp³-hybridized carbons (Fsp3) is 0.600. The fourth-order valence-electron chi connectivity index (χ4n) is 2.48. The van der Waals surface area contributed by atoms with Crippen molar-refractivity contribution in [2.75, 3.05) is 26.9 Å². The van der Waals surface area contributed by atoms with Crippen LogP contribution in [0, 0.1) is 5.92 Å². The van der Waals surface area contributed by atoms with E-state index in [1.165, 1.54) is 13.2 Å². The van der Waals surface area contributed by atoms with Crippen LogP contribution in [0.5, 0.6) is 0 Å². The van der Waals surface area contributed by atoms with Crippen LogP contribution in [0.3, 0.4) is 0 Å². The van der Waals surface area contributed by atoms with Crippen molar-refractivity contribution in [1.82, 2.24) is 5.32 Å². The molecule has 1 fully saturated rings. The highest BCUT2D eigenvalue weighted by Crippen LogP contribution is 2.29. The van der Waals surface area contributed by atoms with E-state index in [1.54, 1.807) is 6.07 Å². The number of ether oxygens (including phenoxy) is 2. The zero-order valence-electron chi connectivity index (χ0n) is 12.3. The molecule has 0 unspecified atom stereocenters. The molecule has 1 aromatic carbocycles. The Morgan fingerprint density at radius 2 is 2.14 bits per heavy atom. The molecule has 1 aliphatic heterocycles. The molecule has 0 saturated carbocycles. The topological polar surface area (TPSA) is 50.7 Å². The lowest BCUT2D eigenvalue weighted by molar-refractivity contribution is -0.137. The van der Waals surface area contributed by atoms with Gasteiger partial charge in [-0.15, -0.1) is 0 Å². The maximum absolute atomic E-state index is 12.6. The second-order valence-corrected chi connectivity index (χ2v) is 5.39. The Morgan fingerprint density at radius 1 is 1.36 bits per heavy atom. The summed E-state index contributed by atoms with van der Waals surface area (Å²) in [6.45, 7) is 1.49. The first-order valence-corrected chi connectivity index (χ1v) is 7.07. The minimum absolute atomic E-state index is 0.149. The summed E-state index contributed by atoms with van der Waals surface area (Å²) in [4.78, 5) is 0. The molecule has 0 aromatic heterocycles. The Hall–Kier alpha value is -1.15. The predicted molar refractivity (Wildman–Crippen MR) is 74.3 cm³/mol. The second kappa shape index (κ2) is 7.41. The van der Waals surface area contributed by atoms with Crippen LogP contribution >= 0.6 is 0 Å². The van der Waals surface area contributed by atoms with E-state index < -0.39 is 17.8 Å². The van der Waals surface area contributed by atoms with Gasteiger partial charge in [0.15, 0.2) is 0 Å². The smallest absolute Gasteiger partial charge is 0.390 e. The van der Waals surface area contributed by atoms with Gasteiger partial charge in [-0.1, -0.05) is 18.2 Å². The highest BCUT2D eigenvalue weighted by atomic mass is 19.4. The number of methoxy groups -OCH3 is 1. The van der Waals surface area contributed by atoms with Crippen LogP contribution in [0.1, 0.15) is 11.1 Å². The molecule has 4 nitrogen and oxygen atoms in total. The van der Waals surface area contributed by atoms with Crippen molar-refractivity contribution in [1.29, 1.82) is 0 Å². The van der Waals surface area contributed by atoms with Crippen molar-refractivity contribution in [2.24, 2.45) is 5.92 Å². The van der Waals surface area contributed by atoms with Crippen LogP contribution in [0.2, 0.25) is 0 Å². The molecule has 0 bridgehead atoms. The molecule has 1 aliphatic rings. The average molecular weight is 319 g/mol. The lowest BCUT2D eigenvalue weighted by atomic mass is 9.96. The van der Waals surface area contributed by atoms with Gasteiger partial charge in [-0.25, -0.2) is 0 Å². The summed E-state index contributed by atoms with van der Waals surface area (Å²) >= 11 is 0. The normalized spacial score (nSPS) is 26.1. The maximum Gasteiger partial charge on any atom is 0.416 e. The van der Waals surface area contributed by atoms with Crippen molar-refractivity contribution in [3.8, 4) is 0 Å². The Kier molecular flexibility index (Phi) is 5.80. The van der Waals surface area contributed by atoms with Gasteiger partial charge in [0.25, 0.3) is 0 Å². The number of hydrogen-bond donors (Lipinski definition) is 2. The SMILES string of the molecule is CO[C@@H]1COC[C@@H](CNCc2cccc(C(F)(F)F)c2)[C@@H]1O. The Labute approximate surface area is 127 Å². The van der Waals surface area contributed by atoms with Crippen LogP contribution in [0.25, 0.3) is 0 Å². The van der Waals surface area contributed by atoms with Gasteiger partial charge in [-0.05, 0) is 11.6 Å². The molecule has 7 heteroatoms. The highest BCUT2D eigenvalue weighted by molar-refractivity contribution is 5.25. The number of halogens is 3. The monoisotopic (exact) mass is 319 g/mol. The molecule has 0 amide bonds. The highest BCUT2D eigenvalue weighted by Gasteiger charge is 2.32. The summed E-state index contributed by atoms with van der Waals surface area (Å²) < 4.78 is 48.4. The lowest BCUT2D eigenvalue weighted by Crippen LogP contribution is -2.48. The summed E-state index contributed by atoms with van der Waals surface area (Å²) in [5.74, 6) is -0.149. The molecule has 0 aliphatic carbocycles. The summed E-state index contributed by atoms with van der Waals surface area (Å²) in [6, 6.07) is 5.19. The van der Waals surface area contributed by atoms with E-state index in [1.807, 2.05) is 0 Å². The van der Waals surface area contributed by atoms with E-state index >= 15 is 0 Å². The molecule has 2 rings (SSSR count). The van der Waals surface area contributed by atoms with Gasteiger partial charge in [0, 0.05) is 26.1 Å². The standard InChI is InChI=1S/C15H20F3NO3/c1-21-13-9-22-8-11(14(13)20)7-19-6-10-3-2-4-12(5-10)15(16,17)18/h2-5,11,13-14,19-20H,6-9H2,1H3/t11-,13-,14+/m1/s1. The molecule has 22 heavy (non-hydrogen) atoms. The van der Waals surface area contributed by atoms with Crippen LogP contribution in [-0.2, 0) is 22.2 Å². The molecule has 2 N–H and O–H groups in total. The largest absolute Gasteiger partial charge is 0.416 e. The molecule has 1 saturated heterocycles. The van der Waals surface area contributed by atoms with E-state index in [0.717, 1.165) is 12.1 Å². The van der Waals surface area contributed by atoms with Crippen LogP contribution < -0.4 is 5.32 Å². The molecule has 3 atom stereocenters. The summed E-state index contributed by atoms with van der Waals surface area (Å²) in [5, 5.41) is 13.1. The number of aliphatic hydroxyl groups is 1. The Balaban J connectivity index is 1.86. The van der Waals surface area contributed by atoms with Gasteiger partial charge in [-0.3, -0.25) is 0 Å². The van der Waals surface area contributed by atoms with Crippen LogP contribution in [-0.4, -0.2) is 44.2 Å². The quantitative estimate of drug-likeness (QED) is 0.869. The first-order valence-electron chi connectivity index (χ1n) is 7.07. The first kappa shape index (κ1) is 17.2. The summed E-state index contributed by atoms with van der Waals surface area (Å²) in [5.41, 5.74) is -0.114. The number of aliphatic hydroxyl groups excluding tert-OH is 1. The number of alkyl halides is 3. The fourth-order valence-corrected chi connectivity index (χ4v) is 2.48. The zero-order valence-corrected chi connectivity index (χ0v) is 12.3. The second-order valence-electron chi connectivity index (χ2n) is 5.39. The first-order chi connectivity index (χ1) is 10.4. The molecule has 0 spiro atoms. The number of hydrogen-bond acceptors (Lipinski definition) is 4. The Morgan fingerprint density at radius 3 is 2.82 bits per heavy atom. The van der Waals surface area contributed by atoms with Gasteiger partial charge in [0.1, 0.15) is 6.10 Å². The maximum atomic E-state index is 12.6. The third-order valence-electron chi connectivity index (χ3n) is 3.77. The molecule has 1 aromatic rings. The molecule has 0 radical (unpaired) electrons. The van der Waals surface area contributed by atoms with E-state index in [0.29, 0.717) is 31.9 Å². The number of nitrogens with one attached hydrogen (secondary N) is 1. The van der Waals surface area contributed by atoms with E-state index in [9.17, 15) is 18.3 Å². The van der Waals surface area contributed by atoms with Crippen LogP contribution in [0.15, 0.2) is 24.3 Å². The minimum Gasteiger partial charge on any atom is -0.390 e. The van der Waals surface area contributed by atoms with Gasteiger partial charge in [0.05, 0.1) is 24.9 Å². The van der Waals surface area contributed by atoms with Gasteiger partial charge >= 0.3 is 6.18 Å². The van der Waals surface area contributed by atoms with Crippen molar-refractivity contribution in [3.63, 3.8) is 0 Å². The lowest BCUT2D eigenvalue weighted by Gasteiger charge is -2.33. The minimum atomic E-state index is -4.34. The van der Waals surface area contributed by atoms with Crippen molar-refractivity contribution >= 4 is 0 Å². The molecule has 1 heterocycles. The van der Waals surface area contributed by atoms with Gasteiger partial charge in [0.2, 0.25) is 0 Å². The van der Waals surface area contributed by atoms with E-state index in [2.05, 4.69) is 5.32 Å². The van der Waals surface area contributed by atoms with E-state index in [4.69, 9.17) is 9.47 Å². The Bertz CT molecular complexity index is 481.